The third-order valence-corrected chi connectivity index (χ3v) is 4.63. The average molecular weight is 349 g/mol. The van der Waals surface area contributed by atoms with Crippen LogP contribution in [0.5, 0.6) is 0 Å². The van der Waals surface area contributed by atoms with Crippen molar-refractivity contribution in [3.05, 3.63) is 23.0 Å². The van der Waals surface area contributed by atoms with Gasteiger partial charge in [0.25, 0.3) is 5.91 Å². The maximum absolute atomic E-state index is 12.6. The molecule has 0 unspecified atom stereocenters. The third kappa shape index (κ3) is 4.15. The molecule has 1 fully saturated rings. The molecule has 0 aromatic carbocycles. The van der Waals surface area contributed by atoms with E-state index in [4.69, 9.17) is 4.74 Å². The van der Waals surface area contributed by atoms with Gasteiger partial charge >= 0.3 is 6.09 Å². The highest BCUT2D eigenvalue weighted by atomic mass is 16.6. The number of H-pyrrole nitrogens is 1. The predicted molar refractivity (Wildman–Crippen MR) is 92.3 cm³/mol. The molecule has 1 aromatic heterocycles. The quantitative estimate of drug-likeness (QED) is 0.811. The number of nitrogens with one attached hydrogen (secondary N) is 1. The minimum Gasteiger partial charge on any atom is -0.444 e. The summed E-state index contributed by atoms with van der Waals surface area (Å²) in [5.74, 6) is -0.0369. The van der Waals surface area contributed by atoms with Crippen LogP contribution >= 0.6 is 0 Å². The molecule has 0 bridgehead atoms. The Morgan fingerprint density at radius 3 is 2.52 bits per heavy atom. The van der Waals surface area contributed by atoms with Crippen molar-refractivity contribution in [2.45, 2.75) is 58.3 Å². The lowest BCUT2D eigenvalue weighted by atomic mass is 10.1. The summed E-state index contributed by atoms with van der Waals surface area (Å²) in [5, 5.41) is 9.58. The van der Waals surface area contributed by atoms with Gasteiger partial charge in [0.1, 0.15) is 11.3 Å². The summed E-state index contributed by atoms with van der Waals surface area (Å²) in [6.45, 7) is 7.71. The van der Waals surface area contributed by atoms with Crippen molar-refractivity contribution < 1.29 is 19.4 Å². The number of fused-ring (bicyclic) bond motifs is 1. The van der Waals surface area contributed by atoms with Crippen molar-refractivity contribution in [1.82, 2.24) is 14.8 Å². The molecule has 2 N–H and O–H groups in total. The Hall–Kier alpha value is -2.02. The van der Waals surface area contributed by atoms with Crippen LogP contribution < -0.4 is 0 Å². The van der Waals surface area contributed by atoms with Gasteiger partial charge in [-0.05, 0) is 51.7 Å². The zero-order chi connectivity index (χ0) is 18.2. The zero-order valence-corrected chi connectivity index (χ0v) is 15.2. The van der Waals surface area contributed by atoms with Crippen molar-refractivity contribution in [3.8, 4) is 0 Å². The molecule has 0 radical (unpaired) electrons. The number of carbonyl (C=O) groups excluding carboxylic acids is 2. The molecule has 25 heavy (non-hydrogen) atoms. The van der Waals surface area contributed by atoms with Gasteiger partial charge < -0.3 is 24.6 Å². The fourth-order valence-corrected chi connectivity index (χ4v) is 3.27. The number of ether oxygens (including phenoxy) is 1. The summed E-state index contributed by atoms with van der Waals surface area (Å²) < 4.78 is 5.43. The second-order valence-electron chi connectivity index (χ2n) is 7.86. The van der Waals surface area contributed by atoms with E-state index in [9.17, 15) is 14.7 Å². The van der Waals surface area contributed by atoms with Gasteiger partial charge in [-0.1, -0.05) is 0 Å². The van der Waals surface area contributed by atoms with Crippen LogP contribution in [0, 0.1) is 0 Å². The van der Waals surface area contributed by atoms with Crippen LogP contribution in [0.15, 0.2) is 6.07 Å². The van der Waals surface area contributed by atoms with Gasteiger partial charge in [-0.15, -0.1) is 0 Å². The Balaban J connectivity index is 1.66. The summed E-state index contributed by atoms with van der Waals surface area (Å²) in [5.41, 5.74) is 2.03. The Morgan fingerprint density at radius 1 is 1.20 bits per heavy atom. The molecule has 2 amide bonds. The molecule has 0 aliphatic carbocycles. The minimum atomic E-state index is -0.521. The molecule has 3 heterocycles. The van der Waals surface area contributed by atoms with Crippen LogP contribution in [0.4, 0.5) is 4.79 Å². The zero-order valence-electron chi connectivity index (χ0n) is 15.2. The highest BCUT2D eigenvalue weighted by Gasteiger charge is 2.29. The van der Waals surface area contributed by atoms with E-state index in [1.807, 2.05) is 26.8 Å². The summed E-state index contributed by atoms with van der Waals surface area (Å²) in [6.07, 6.45) is 1.32. The monoisotopic (exact) mass is 349 g/mol. The first-order chi connectivity index (χ1) is 11.7. The van der Waals surface area contributed by atoms with Gasteiger partial charge in [0, 0.05) is 25.3 Å². The van der Waals surface area contributed by atoms with Gasteiger partial charge in [-0.3, -0.25) is 4.79 Å². The standard InChI is InChI=1S/C18H27N3O4/c1-18(2,3)25-17(24)21-7-4-12-10-14(19-15(12)11-21)16(23)20-8-5-13(22)6-9-20/h10,13,19,22H,4-9,11H2,1-3H3. The molecule has 7 heteroatoms. The van der Waals surface area contributed by atoms with E-state index in [2.05, 4.69) is 4.98 Å². The maximum atomic E-state index is 12.6. The largest absolute Gasteiger partial charge is 0.444 e. The molecular weight excluding hydrogens is 322 g/mol. The molecule has 2 aliphatic rings. The average Bonchev–Trinajstić information content (AvgIpc) is 2.96. The Labute approximate surface area is 147 Å². The smallest absolute Gasteiger partial charge is 0.410 e. The summed E-state index contributed by atoms with van der Waals surface area (Å²) in [6, 6.07) is 1.90. The number of hydrogen-bond donors (Lipinski definition) is 2. The lowest BCUT2D eigenvalue weighted by Gasteiger charge is -2.30. The number of aromatic amines is 1. The number of aliphatic hydroxyl groups excluding tert-OH is 1. The summed E-state index contributed by atoms with van der Waals surface area (Å²) in [4.78, 5) is 31.5. The molecule has 0 atom stereocenters. The molecule has 0 spiro atoms. The van der Waals surface area contributed by atoms with E-state index in [0.29, 0.717) is 51.1 Å². The fourth-order valence-electron chi connectivity index (χ4n) is 3.27. The predicted octanol–water partition coefficient (Wildman–Crippen LogP) is 1.90. The first-order valence-electron chi connectivity index (χ1n) is 8.89. The van der Waals surface area contributed by atoms with E-state index in [0.717, 1.165) is 11.3 Å². The maximum Gasteiger partial charge on any atom is 0.410 e. The Morgan fingerprint density at radius 2 is 1.88 bits per heavy atom. The lowest BCUT2D eigenvalue weighted by molar-refractivity contribution is 0.0221. The molecule has 3 rings (SSSR count). The van der Waals surface area contributed by atoms with Gasteiger partial charge in [-0.25, -0.2) is 4.79 Å². The number of likely N-dealkylation sites (tertiary alicyclic amines) is 1. The molecule has 0 saturated carbocycles. The minimum absolute atomic E-state index is 0.0369. The van der Waals surface area contributed by atoms with Crippen LogP contribution in [-0.4, -0.2) is 63.2 Å². The Bertz CT molecular complexity index is 654. The van der Waals surface area contributed by atoms with Crippen LogP contribution in [0.1, 0.15) is 55.4 Å². The van der Waals surface area contributed by atoms with Crippen molar-refractivity contribution in [1.29, 1.82) is 0 Å². The van der Waals surface area contributed by atoms with Crippen LogP contribution in [0.3, 0.4) is 0 Å². The molecule has 138 valence electrons. The van der Waals surface area contributed by atoms with E-state index in [1.54, 1.807) is 9.80 Å². The SMILES string of the molecule is CC(C)(C)OC(=O)N1CCc2cc(C(=O)N3CCC(O)CC3)[nH]c2C1. The van der Waals surface area contributed by atoms with Gasteiger partial charge in [-0.2, -0.15) is 0 Å². The molecule has 2 aliphatic heterocycles. The highest BCUT2D eigenvalue weighted by molar-refractivity contribution is 5.93. The van der Waals surface area contributed by atoms with Gasteiger partial charge in [0.15, 0.2) is 0 Å². The number of nitrogens with zero attached hydrogens (tertiary/aromatic N) is 2. The normalized spacial score (nSPS) is 18.9. The number of carbonyl (C=O) groups is 2. The van der Waals surface area contributed by atoms with Crippen LogP contribution in [0.2, 0.25) is 0 Å². The molecule has 1 saturated heterocycles. The Kier molecular flexibility index (Phi) is 4.77. The summed E-state index contributed by atoms with van der Waals surface area (Å²) >= 11 is 0. The highest BCUT2D eigenvalue weighted by Crippen LogP contribution is 2.23. The molecular formula is C18H27N3O4. The lowest BCUT2D eigenvalue weighted by Crippen LogP contribution is -2.40. The van der Waals surface area contributed by atoms with Gasteiger partial charge in [0.05, 0.1) is 12.6 Å². The van der Waals surface area contributed by atoms with Crippen molar-refractivity contribution >= 4 is 12.0 Å². The van der Waals surface area contributed by atoms with E-state index >= 15 is 0 Å². The second kappa shape index (κ2) is 6.71. The van der Waals surface area contributed by atoms with Crippen LogP contribution in [0.25, 0.3) is 0 Å². The number of rotatable bonds is 1. The summed E-state index contributed by atoms with van der Waals surface area (Å²) in [7, 11) is 0. The number of hydrogen-bond acceptors (Lipinski definition) is 4. The first-order valence-corrected chi connectivity index (χ1v) is 8.89. The number of amides is 2. The van der Waals surface area contributed by atoms with E-state index < -0.39 is 5.60 Å². The van der Waals surface area contributed by atoms with E-state index in [1.165, 1.54) is 0 Å². The van der Waals surface area contributed by atoms with Crippen molar-refractivity contribution in [3.63, 3.8) is 0 Å². The van der Waals surface area contributed by atoms with E-state index in [-0.39, 0.29) is 18.1 Å². The number of aliphatic hydroxyl groups is 1. The van der Waals surface area contributed by atoms with Crippen molar-refractivity contribution in [2.75, 3.05) is 19.6 Å². The fraction of sp³-hybridized carbons (Fsp3) is 0.667. The topological polar surface area (TPSA) is 85.9 Å². The van der Waals surface area contributed by atoms with Gasteiger partial charge in [0.2, 0.25) is 0 Å². The molecule has 1 aromatic rings. The molecule has 7 nitrogen and oxygen atoms in total. The number of piperidine rings is 1. The van der Waals surface area contributed by atoms with Crippen molar-refractivity contribution in [2.24, 2.45) is 0 Å². The second-order valence-corrected chi connectivity index (χ2v) is 7.86. The third-order valence-electron chi connectivity index (χ3n) is 4.63. The van der Waals surface area contributed by atoms with Crippen LogP contribution in [-0.2, 0) is 17.7 Å². The first kappa shape index (κ1) is 17.8. The number of aromatic nitrogens is 1.